The number of rotatable bonds is 7. The van der Waals surface area contributed by atoms with Crippen molar-refractivity contribution >= 4 is 39.2 Å². The molecule has 0 saturated heterocycles. The monoisotopic (exact) mass is 610 g/mol. The number of halogens is 6. The second-order valence-electron chi connectivity index (χ2n) is 9.54. The van der Waals surface area contributed by atoms with Gasteiger partial charge in [-0.25, -0.2) is 14.4 Å². The van der Waals surface area contributed by atoms with E-state index >= 15 is 0 Å². The molecule has 1 aromatic carbocycles. The van der Waals surface area contributed by atoms with Crippen molar-refractivity contribution in [2.45, 2.75) is 40.0 Å². The van der Waals surface area contributed by atoms with Gasteiger partial charge in [-0.1, -0.05) is 27.7 Å². The number of carbonyl (C=O) groups is 2. The van der Waals surface area contributed by atoms with Crippen molar-refractivity contribution < 1.29 is 46.1 Å². The Hall–Kier alpha value is -3.46. The average molecular weight is 611 g/mol. The van der Waals surface area contributed by atoms with Crippen LogP contribution in [-0.4, -0.2) is 60.6 Å². The number of hydrogen-bond donors (Lipinski definition) is 3. The third kappa shape index (κ3) is 12.7. The van der Waals surface area contributed by atoms with Gasteiger partial charge in [0.25, 0.3) is 0 Å². The van der Waals surface area contributed by atoms with Gasteiger partial charge in [0.05, 0.1) is 20.8 Å². The van der Waals surface area contributed by atoms with E-state index in [9.17, 15) is 26.3 Å². The molecular formula is C26H32F6N4O4S. The number of anilines is 1. The number of hydrogen-bond acceptors (Lipinski definition) is 7. The third-order valence-corrected chi connectivity index (χ3v) is 5.94. The second-order valence-corrected chi connectivity index (χ2v) is 10.6. The van der Waals surface area contributed by atoms with Gasteiger partial charge < -0.3 is 26.1 Å². The third-order valence-electron chi connectivity index (χ3n) is 4.85. The lowest BCUT2D eigenvalue weighted by atomic mass is 10.1. The number of fused-ring (bicyclic) bond motifs is 2. The van der Waals surface area contributed by atoms with Crippen LogP contribution in [0.1, 0.15) is 27.7 Å². The van der Waals surface area contributed by atoms with Crippen LogP contribution < -0.4 is 26.1 Å². The van der Waals surface area contributed by atoms with Gasteiger partial charge >= 0.3 is 18.3 Å². The highest BCUT2D eigenvalue weighted by atomic mass is 32.1. The zero-order valence-corrected chi connectivity index (χ0v) is 23.6. The van der Waals surface area contributed by atoms with Crippen LogP contribution in [0.3, 0.4) is 0 Å². The molecule has 4 N–H and O–H groups in total. The topological polar surface area (TPSA) is 131 Å². The Morgan fingerprint density at radius 1 is 1.00 bits per heavy atom. The highest BCUT2D eigenvalue weighted by molar-refractivity contribution is 7.21. The molecule has 0 radical (unpaired) electrons. The van der Waals surface area contributed by atoms with Crippen LogP contribution >= 0.6 is 11.3 Å². The molecule has 0 saturated carbocycles. The van der Waals surface area contributed by atoms with Crippen molar-refractivity contribution in [3.05, 3.63) is 41.8 Å². The lowest BCUT2D eigenvalue weighted by molar-refractivity contribution is -0.344. The molecular weight excluding hydrogens is 578 g/mol. The minimum Gasteiger partial charge on any atom is -0.542 e. The lowest BCUT2D eigenvalue weighted by Gasteiger charge is -2.11. The maximum Gasteiger partial charge on any atom is 0.490 e. The fourth-order valence-corrected chi connectivity index (χ4v) is 4.34. The molecule has 2 aliphatic rings. The van der Waals surface area contributed by atoms with Crippen LogP contribution in [0.15, 0.2) is 36.4 Å². The van der Waals surface area contributed by atoms with Crippen LogP contribution in [0.4, 0.5) is 32.0 Å². The SMILES string of the molecule is CC(C)C[N+](CC(C)C)=c1ccc2nc3ccc(NCCN)cc3sc-2c1.O=C(O)C(F)(F)F.O=C([O-])C(F)(F)F. The van der Waals surface area contributed by atoms with Gasteiger partial charge in [0.2, 0.25) is 5.36 Å². The minimum atomic E-state index is -5.19. The number of carbonyl (C=O) groups excluding carboxylic acids is 1. The molecule has 1 aliphatic heterocycles. The Morgan fingerprint density at radius 2 is 1.54 bits per heavy atom. The summed E-state index contributed by atoms with van der Waals surface area (Å²) in [4.78, 5) is 23.8. The standard InChI is InChI=1S/C22H30N4S.2C2HF3O2/c1-15(2)13-26(14-16(3)4)18-6-8-20-22(12-18)27-21-11-17(24-10-9-23)5-7-19(21)25-20;2*3-2(4,5)1(6)7/h5-8,11-12,15-16H,9-10,13-14,23H2,1-4H3;2*(H,6,7). The lowest BCUT2D eigenvalue weighted by Crippen LogP contribution is -2.37. The number of alkyl halides is 6. The summed E-state index contributed by atoms with van der Waals surface area (Å²) in [7, 11) is 0. The molecule has 1 heterocycles. The number of benzene rings is 2. The Bertz CT molecular complexity index is 1300. The minimum absolute atomic E-state index is 0.627. The Morgan fingerprint density at radius 3 is 1.98 bits per heavy atom. The van der Waals surface area contributed by atoms with E-state index in [0.717, 1.165) is 36.5 Å². The van der Waals surface area contributed by atoms with Crippen molar-refractivity contribution in [1.82, 2.24) is 9.56 Å². The number of nitrogens with two attached hydrogens (primary N) is 1. The van der Waals surface area contributed by atoms with Gasteiger partial charge in [0, 0.05) is 42.7 Å². The van der Waals surface area contributed by atoms with Gasteiger partial charge in [0.1, 0.15) is 19.1 Å². The highest BCUT2D eigenvalue weighted by Gasteiger charge is 2.38. The van der Waals surface area contributed by atoms with Crippen LogP contribution in [-0.2, 0) is 9.59 Å². The summed E-state index contributed by atoms with van der Waals surface area (Å²) in [6.07, 6.45) is -10.3. The largest absolute Gasteiger partial charge is 0.542 e. The molecule has 8 nitrogen and oxygen atoms in total. The molecule has 3 rings (SSSR count). The summed E-state index contributed by atoms with van der Waals surface area (Å²) in [5.74, 6) is -4.50. The summed E-state index contributed by atoms with van der Waals surface area (Å²) in [5, 5.41) is 20.6. The van der Waals surface area contributed by atoms with E-state index in [1.807, 2.05) is 11.3 Å². The zero-order valence-electron chi connectivity index (χ0n) is 22.8. The Kier molecular flexibility index (Phi) is 13.5. The molecule has 0 bridgehead atoms. The molecule has 0 fully saturated rings. The first-order valence-corrected chi connectivity index (χ1v) is 13.1. The molecule has 0 unspecified atom stereocenters. The van der Waals surface area contributed by atoms with Crippen molar-refractivity contribution in [3.63, 3.8) is 0 Å². The summed E-state index contributed by atoms with van der Waals surface area (Å²) in [6, 6.07) is 13.0. The predicted octanol–water partition coefficient (Wildman–Crippen LogP) is 3.79. The first-order valence-electron chi connectivity index (χ1n) is 12.3. The van der Waals surface area contributed by atoms with Gasteiger partial charge in [-0.3, -0.25) is 0 Å². The molecule has 0 spiro atoms. The summed E-state index contributed by atoms with van der Waals surface area (Å²) in [6.45, 7) is 12.7. The second kappa shape index (κ2) is 15.5. The van der Waals surface area contributed by atoms with E-state index < -0.39 is 24.3 Å². The predicted molar refractivity (Wildman–Crippen MR) is 143 cm³/mol. The maximum atomic E-state index is 10.6. The molecule has 1 aromatic rings. The Balaban J connectivity index is 0.000000497. The average Bonchev–Trinajstić information content (AvgIpc) is 2.84. The Labute approximate surface area is 236 Å². The number of aliphatic carboxylic acids is 2. The van der Waals surface area contributed by atoms with E-state index in [2.05, 4.69) is 74.0 Å². The molecule has 41 heavy (non-hydrogen) atoms. The van der Waals surface area contributed by atoms with Crippen molar-refractivity contribution in [1.29, 1.82) is 0 Å². The number of nitrogens with one attached hydrogen (secondary N) is 1. The summed E-state index contributed by atoms with van der Waals surface area (Å²) >= 11 is 1.81. The van der Waals surface area contributed by atoms with Crippen LogP contribution in [0.2, 0.25) is 0 Å². The quantitative estimate of drug-likeness (QED) is 0.211. The summed E-state index contributed by atoms with van der Waals surface area (Å²) < 4.78 is 67.0. The van der Waals surface area contributed by atoms with E-state index in [1.54, 1.807) is 0 Å². The molecule has 0 atom stereocenters. The van der Waals surface area contributed by atoms with Crippen molar-refractivity contribution in [2.24, 2.45) is 17.6 Å². The maximum absolute atomic E-state index is 10.6. The molecule has 1 aliphatic carbocycles. The molecule has 228 valence electrons. The van der Waals surface area contributed by atoms with Crippen LogP contribution in [0.25, 0.3) is 20.8 Å². The van der Waals surface area contributed by atoms with Crippen LogP contribution in [0.5, 0.6) is 0 Å². The van der Waals surface area contributed by atoms with Crippen molar-refractivity contribution in [3.8, 4) is 10.6 Å². The molecule has 0 amide bonds. The number of carboxylic acid groups (broad SMARTS) is 2. The highest BCUT2D eigenvalue weighted by Crippen LogP contribution is 2.31. The van der Waals surface area contributed by atoms with Crippen molar-refractivity contribution in [2.75, 3.05) is 31.5 Å². The van der Waals surface area contributed by atoms with Gasteiger partial charge in [-0.15, -0.1) is 11.3 Å². The van der Waals surface area contributed by atoms with Gasteiger partial charge in [-0.2, -0.15) is 26.3 Å². The normalized spacial score (nSPS) is 11.5. The zero-order chi connectivity index (χ0) is 31.5. The van der Waals surface area contributed by atoms with E-state index in [-0.39, 0.29) is 0 Å². The fraction of sp³-hybridized carbons (Fsp3) is 0.462. The first-order chi connectivity index (χ1) is 18.8. The summed E-state index contributed by atoms with van der Waals surface area (Å²) in [5.41, 5.74) is 8.80. The van der Waals surface area contributed by atoms with Gasteiger partial charge in [0.15, 0.2) is 0 Å². The van der Waals surface area contributed by atoms with E-state index in [0.29, 0.717) is 18.4 Å². The first kappa shape index (κ1) is 35.6. The smallest absolute Gasteiger partial charge is 0.490 e. The van der Waals surface area contributed by atoms with E-state index in [1.165, 1.54) is 14.9 Å². The van der Waals surface area contributed by atoms with E-state index in [4.69, 9.17) is 30.5 Å². The molecule has 15 heteroatoms. The number of carboxylic acids is 2. The van der Waals surface area contributed by atoms with Gasteiger partial charge in [-0.05, 0) is 24.3 Å². The fourth-order valence-electron chi connectivity index (χ4n) is 3.30. The molecule has 0 aromatic heterocycles. The van der Waals surface area contributed by atoms with Crippen LogP contribution in [0, 0.1) is 11.8 Å². The number of nitrogens with zero attached hydrogens (tertiary/aromatic N) is 2. The number of aromatic nitrogens is 1.